The van der Waals surface area contributed by atoms with Crippen LogP contribution in [0.5, 0.6) is 0 Å². The van der Waals surface area contributed by atoms with Gasteiger partial charge in [-0.15, -0.1) is 0 Å². The van der Waals surface area contributed by atoms with Gasteiger partial charge in [-0.3, -0.25) is 28.8 Å². The molecule has 0 radical (unpaired) electrons. The lowest BCUT2D eigenvalue weighted by molar-refractivity contribution is -0.159. The molecule has 10 heteroatoms. The van der Waals surface area contributed by atoms with E-state index >= 15 is 0 Å². The number of hydrogen-bond acceptors (Lipinski definition) is 8. The van der Waals surface area contributed by atoms with Gasteiger partial charge in [0, 0.05) is 22.3 Å². The molecule has 0 bridgehead atoms. The number of fused-ring (bicyclic) bond motifs is 2. The van der Waals surface area contributed by atoms with Crippen LogP contribution in [0.4, 0.5) is 5.69 Å². The monoisotopic (exact) mass is 657 g/mol. The second kappa shape index (κ2) is 16.1. The van der Waals surface area contributed by atoms with Gasteiger partial charge in [0.25, 0.3) is 5.91 Å². The molecule has 0 aliphatic heterocycles. The van der Waals surface area contributed by atoms with Crippen molar-refractivity contribution in [3.8, 4) is 0 Å². The number of carboxylic acids is 1. The molecule has 0 spiro atoms. The molecular weight excluding hydrogens is 614 g/mol. The van der Waals surface area contributed by atoms with E-state index in [-0.39, 0.29) is 60.5 Å². The van der Waals surface area contributed by atoms with E-state index in [9.17, 15) is 28.8 Å². The van der Waals surface area contributed by atoms with Gasteiger partial charge in [0.1, 0.15) is 13.2 Å². The van der Waals surface area contributed by atoms with Crippen LogP contribution in [0.3, 0.4) is 0 Å². The van der Waals surface area contributed by atoms with Gasteiger partial charge >= 0.3 is 17.9 Å². The Hall–Kier alpha value is -5.12. The van der Waals surface area contributed by atoms with E-state index in [0.29, 0.717) is 34.4 Å². The third-order valence-corrected chi connectivity index (χ3v) is 8.57. The quantitative estimate of drug-likeness (QED) is 0.124. The van der Waals surface area contributed by atoms with E-state index in [1.165, 1.54) is 0 Å². The fourth-order valence-corrected chi connectivity index (χ4v) is 4.63. The maximum absolute atomic E-state index is 13.1. The first kappa shape index (κ1) is 37.3. The number of carbonyl (C=O) groups excluding carboxylic acids is 5. The number of benzene rings is 3. The molecule has 48 heavy (non-hydrogen) atoms. The zero-order valence-electron chi connectivity index (χ0n) is 28.3. The van der Waals surface area contributed by atoms with E-state index in [0.717, 1.165) is 12.0 Å². The van der Waals surface area contributed by atoms with Crippen molar-refractivity contribution in [3.63, 3.8) is 0 Å². The minimum Gasteiger partial charge on any atom is -0.481 e. The highest BCUT2D eigenvalue weighted by atomic mass is 16.6. The lowest BCUT2D eigenvalue weighted by Gasteiger charge is -2.23. The normalized spacial score (nSPS) is 12.1. The Labute approximate surface area is 280 Å². The van der Waals surface area contributed by atoms with Crippen LogP contribution in [-0.4, -0.2) is 53.7 Å². The first-order chi connectivity index (χ1) is 22.6. The molecule has 4 rings (SSSR count). The van der Waals surface area contributed by atoms with Crippen molar-refractivity contribution >= 4 is 41.1 Å². The topological polar surface area (TPSA) is 153 Å². The molecule has 0 fully saturated rings. The summed E-state index contributed by atoms with van der Waals surface area (Å²) in [4.78, 5) is 71.5. The van der Waals surface area contributed by atoms with Crippen LogP contribution in [0.1, 0.15) is 115 Å². The molecule has 10 nitrogen and oxygen atoms in total. The van der Waals surface area contributed by atoms with Crippen LogP contribution < -0.4 is 5.32 Å². The summed E-state index contributed by atoms with van der Waals surface area (Å²) in [5.74, 6) is -2.78. The van der Waals surface area contributed by atoms with Gasteiger partial charge in [0.2, 0.25) is 0 Å². The van der Waals surface area contributed by atoms with Gasteiger partial charge in [0.05, 0.1) is 29.5 Å². The molecule has 0 saturated carbocycles. The Morgan fingerprint density at radius 2 is 1.29 bits per heavy atom. The highest BCUT2D eigenvalue weighted by Gasteiger charge is 2.32. The van der Waals surface area contributed by atoms with E-state index in [2.05, 4.69) is 26.1 Å². The molecule has 1 aliphatic rings. The molecule has 254 valence electrons. The smallest absolute Gasteiger partial charge is 0.311 e. The highest BCUT2D eigenvalue weighted by Crippen LogP contribution is 2.32. The maximum Gasteiger partial charge on any atom is 0.311 e. The zero-order valence-corrected chi connectivity index (χ0v) is 28.3. The third kappa shape index (κ3) is 9.24. The van der Waals surface area contributed by atoms with Gasteiger partial charge in [-0.25, -0.2) is 0 Å². The largest absolute Gasteiger partial charge is 0.481 e. The summed E-state index contributed by atoms with van der Waals surface area (Å²) in [6.45, 7) is 11.8. The molecule has 0 atom stereocenters. The van der Waals surface area contributed by atoms with Gasteiger partial charge in [-0.05, 0) is 55.9 Å². The Balaban J connectivity index is 0.000000300. The van der Waals surface area contributed by atoms with E-state index in [4.69, 9.17) is 14.6 Å². The third-order valence-electron chi connectivity index (χ3n) is 8.57. The van der Waals surface area contributed by atoms with Crippen LogP contribution in [0.25, 0.3) is 0 Å². The lowest BCUT2D eigenvalue weighted by Crippen LogP contribution is -2.27. The minimum absolute atomic E-state index is 0.0128. The summed E-state index contributed by atoms with van der Waals surface area (Å²) in [5, 5.41) is 11.2. The van der Waals surface area contributed by atoms with Gasteiger partial charge in [0.15, 0.2) is 11.6 Å². The minimum atomic E-state index is -1.05. The Bertz CT molecular complexity index is 1690. The molecular formula is C38H43NO9. The van der Waals surface area contributed by atoms with Crippen LogP contribution >= 0.6 is 0 Å². The number of esters is 2. The number of nitrogens with one attached hydrogen (secondary N) is 1. The fourth-order valence-electron chi connectivity index (χ4n) is 4.63. The molecule has 2 N–H and O–H groups in total. The number of aliphatic carboxylic acids is 1. The molecule has 0 saturated heterocycles. The van der Waals surface area contributed by atoms with Crippen molar-refractivity contribution in [3.05, 3.63) is 100 Å². The van der Waals surface area contributed by atoms with Crippen molar-refractivity contribution in [2.45, 2.75) is 72.6 Å². The summed E-state index contributed by atoms with van der Waals surface area (Å²) in [5.41, 5.74) is 2.82. The standard InChI is InChI=1S/C26H23NO3.C12H20O6/c1-4-26(2,3)17-14-12-16(13-15-17)25(30)27-21-11-7-10-20-22(21)24(29)19-9-6-5-8-18(19)23(20)28;1-4-12(2,3)11(16)18-8-7-17-10(15)6-5-9(13)14/h5-15H,4H2,1-3H3,(H,27,30);4-8H2,1-3H3,(H,13,14). The predicted molar refractivity (Wildman–Crippen MR) is 180 cm³/mol. The summed E-state index contributed by atoms with van der Waals surface area (Å²) >= 11 is 0. The number of rotatable bonds is 12. The molecule has 0 unspecified atom stereocenters. The summed E-state index contributed by atoms with van der Waals surface area (Å²) in [7, 11) is 0. The summed E-state index contributed by atoms with van der Waals surface area (Å²) < 4.78 is 9.65. The second-order valence-electron chi connectivity index (χ2n) is 12.7. The van der Waals surface area contributed by atoms with Gasteiger partial charge in [-0.1, -0.05) is 76.2 Å². The number of hydrogen-bond donors (Lipinski definition) is 2. The van der Waals surface area contributed by atoms with Crippen molar-refractivity contribution in [2.75, 3.05) is 18.5 Å². The number of amides is 1. The predicted octanol–water partition coefficient (Wildman–Crippen LogP) is 6.78. The highest BCUT2D eigenvalue weighted by molar-refractivity contribution is 6.30. The van der Waals surface area contributed by atoms with Gasteiger partial charge in [-0.2, -0.15) is 0 Å². The van der Waals surface area contributed by atoms with Crippen LogP contribution in [0.2, 0.25) is 0 Å². The number of carbonyl (C=O) groups is 6. The van der Waals surface area contributed by atoms with Crippen LogP contribution in [0.15, 0.2) is 66.7 Å². The van der Waals surface area contributed by atoms with Crippen LogP contribution in [0, 0.1) is 5.41 Å². The molecule has 3 aromatic carbocycles. The van der Waals surface area contributed by atoms with Crippen molar-refractivity contribution < 1.29 is 43.3 Å². The molecule has 1 aliphatic carbocycles. The van der Waals surface area contributed by atoms with Gasteiger partial charge < -0.3 is 19.9 Å². The molecule has 0 aromatic heterocycles. The average Bonchev–Trinajstić information content (AvgIpc) is 3.08. The number of carboxylic acid groups (broad SMARTS) is 1. The Kier molecular flexibility index (Phi) is 12.5. The average molecular weight is 658 g/mol. The van der Waals surface area contributed by atoms with Crippen molar-refractivity contribution in [1.29, 1.82) is 0 Å². The molecule has 1 amide bonds. The van der Waals surface area contributed by atoms with E-state index in [1.807, 2.05) is 19.1 Å². The number of ketones is 2. The first-order valence-electron chi connectivity index (χ1n) is 15.9. The lowest BCUT2D eigenvalue weighted by atomic mass is 9.82. The van der Waals surface area contributed by atoms with Crippen molar-refractivity contribution in [1.82, 2.24) is 0 Å². The maximum atomic E-state index is 13.1. The molecule has 3 aromatic rings. The fraction of sp³-hybridized carbons (Fsp3) is 0.368. The number of ether oxygens (including phenoxy) is 2. The Morgan fingerprint density at radius 1 is 0.708 bits per heavy atom. The Morgan fingerprint density at radius 3 is 1.88 bits per heavy atom. The zero-order chi connectivity index (χ0) is 35.6. The SMILES string of the molecule is CCC(C)(C)C(=O)OCCOC(=O)CCC(=O)O.CCC(C)(C)c1ccc(C(=O)Nc2cccc3c2C(=O)c2ccccc2C3=O)cc1. The van der Waals surface area contributed by atoms with Crippen molar-refractivity contribution in [2.24, 2.45) is 5.41 Å². The first-order valence-corrected chi connectivity index (χ1v) is 15.9. The molecule has 0 heterocycles. The van der Waals surface area contributed by atoms with Crippen LogP contribution in [-0.2, 0) is 29.3 Å². The summed E-state index contributed by atoms with van der Waals surface area (Å²) in [6, 6.07) is 19.2. The summed E-state index contributed by atoms with van der Waals surface area (Å²) in [6.07, 6.45) is 1.21. The van der Waals surface area contributed by atoms with E-state index in [1.54, 1.807) is 68.4 Å². The second-order valence-corrected chi connectivity index (χ2v) is 12.7. The van der Waals surface area contributed by atoms with E-state index < -0.39 is 17.4 Å². The number of anilines is 1.